The van der Waals surface area contributed by atoms with Crippen molar-refractivity contribution in [2.24, 2.45) is 5.73 Å². The van der Waals surface area contributed by atoms with Crippen LogP contribution in [0.25, 0.3) is 0 Å². The molecule has 1 heterocycles. The molecule has 1 aliphatic rings. The summed E-state index contributed by atoms with van der Waals surface area (Å²) in [6, 6.07) is 7.52. The maximum atomic E-state index is 12.4. The van der Waals surface area contributed by atoms with Crippen LogP contribution in [0.3, 0.4) is 0 Å². The van der Waals surface area contributed by atoms with Crippen LogP contribution in [0.15, 0.2) is 24.3 Å². The molecule has 1 amide bonds. The van der Waals surface area contributed by atoms with Crippen molar-refractivity contribution in [1.82, 2.24) is 4.90 Å². The van der Waals surface area contributed by atoms with Crippen LogP contribution < -0.4 is 5.73 Å². The van der Waals surface area contributed by atoms with Crippen LogP contribution >= 0.6 is 12.4 Å². The molecule has 1 aromatic carbocycles. The molecule has 4 nitrogen and oxygen atoms in total. The van der Waals surface area contributed by atoms with Crippen molar-refractivity contribution in [3.63, 3.8) is 0 Å². The minimum Gasteiger partial charge on any atom is -0.376 e. The minimum atomic E-state index is 0. The highest BCUT2D eigenvalue weighted by Crippen LogP contribution is 2.15. The van der Waals surface area contributed by atoms with E-state index in [2.05, 4.69) is 0 Å². The van der Waals surface area contributed by atoms with Gasteiger partial charge in [0.2, 0.25) is 0 Å². The number of likely N-dealkylation sites (N-methyl/N-ethyl adjacent to an activating group) is 1. The number of carbonyl (C=O) groups excluding carboxylic acids is 1. The molecule has 0 radical (unpaired) electrons. The number of amides is 1. The predicted molar refractivity (Wildman–Crippen MR) is 82.1 cm³/mol. The number of nitrogens with two attached hydrogens (primary N) is 1. The van der Waals surface area contributed by atoms with E-state index in [9.17, 15) is 4.79 Å². The highest BCUT2D eigenvalue weighted by atomic mass is 35.5. The molecule has 0 saturated carbocycles. The van der Waals surface area contributed by atoms with E-state index in [1.807, 2.05) is 36.1 Å². The fourth-order valence-corrected chi connectivity index (χ4v) is 2.36. The summed E-state index contributed by atoms with van der Waals surface area (Å²) in [6.07, 6.45) is 2.35. The number of nitrogens with zero attached hydrogens (tertiary/aromatic N) is 1. The van der Waals surface area contributed by atoms with Gasteiger partial charge in [0.15, 0.2) is 0 Å². The largest absolute Gasteiger partial charge is 0.376 e. The van der Waals surface area contributed by atoms with Crippen molar-refractivity contribution < 1.29 is 9.53 Å². The Balaban J connectivity index is 0.00000200. The lowest BCUT2D eigenvalue weighted by Crippen LogP contribution is -2.37. The summed E-state index contributed by atoms with van der Waals surface area (Å²) in [5.74, 6) is 0.0709. The molecule has 112 valence electrons. The van der Waals surface area contributed by atoms with E-state index in [1.54, 1.807) is 0 Å². The second kappa shape index (κ2) is 8.25. The van der Waals surface area contributed by atoms with Crippen LogP contribution in [-0.2, 0) is 11.3 Å². The molecule has 2 N–H and O–H groups in total. The molecule has 20 heavy (non-hydrogen) atoms. The number of hydrogen-bond acceptors (Lipinski definition) is 3. The number of rotatable bonds is 5. The van der Waals surface area contributed by atoms with Crippen molar-refractivity contribution in [2.45, 2.75) is 32.4 Å². The van der Waals surface area contributed by atoms with Gasteiger partial charge in [-0.1, -0.05) is 12.1 Å². The summed E-state index contributed by atoms with van der Waals surface area (Å²) < 4.78 is 5.60. The fraction of sp³-hybridized carbons (Fsp3) is 0.533. The van der Waals surface area contributed by atoms with E-state index < -0.39 is 0 Å². The summed E-state index contributed by atoms with van der Waals surface area (Å²) in [5, 5.41) is 0. The highest BCUT2D eigenvalue weighted by Gasteiger charge is 2.22. The third-order valence-electron chi connectivity index (χ3n) is 3.55. The van der Waals surface area contributed by atoms with E-state index in [4.69, 9.17) is 10.5 Å². The van der Waals surface area contributed by atoms with Gasteiger partial charge in [0.05, 0.1) is 6.10 Å². The minimum absolute atomic E-state index is 0. The van der Waals surface area contributed by atoms with Crippen LogP contribution in [0.4, 0.5) is 0 Å². The smallest absolute Gasteiger partial charge is 0.253 e. The normalized spacial score (nSPS) is 17.6. The molecule has 1 atom stereocenters. The van der Waals surface area contributed by atoms with Gasteiger partial charge >= 0.3 is 0 Å². The molecule has 2 rings (SSSR count). The molecule has 0 aromatic heterocycles. The first-order valence-electron chi connectivity index (χ1n) is 6.94. The van der Waals surface area contributed by atoms with Gasteiger partial charge in [-0.05, 0) is 37.5 Å². The van der Waals surface area contributed by atoms with Crippen molar-refractivity contribution in [1.29, 1.82) is 0 Å². The zero-order valence-corrected chi connectivity index (χ0v) is 12.7. The van der Waals surface area contributed by atoms with E-state index >= 15 is 0 Å². The average Bonchev–Trinajstić information content (AvgIpc) is 2.97. The number of benzene rings is 1. The second-order valence-corrected chi connectivity index (χ2v) is 4.88. The van der Waals surface area contributed by atoms with Crippen LogP contribution in [0, 0.1) is 0 Å². The van der Waals surface area contributed by atoms with Gasteiger partial charge < -0.3 is 15.4 Å². The molecule has 1 unspecified atom stereocenters. The molecule has 1 aromatic rings. The summed E-state index contributed by atoms with van der Waals surface area (Å²) in [5.41, 5.74) is 7.32. The molecule has 5 heteroatoms. The fourth-order valence-electron chi connectivity index (χ4n) is 2.36. The topological polar surface area (TPSA) is 55.6 Å². The third-order valence-corrected chi connectivity index (χ3v) is 3.55. The Hall–Kier alpha value is -1.10. The summed E-state index contributed by atoms with van der Waals surface area (Å²) >= 11 is 0. The van der Waals surface area contributed by atoms with Crippen LogP contribution in [0.5, 0.6) is 0 Å². The van der Waals surface area contributed by atoms with Crippen LogP contribution in [0.1, 0.15) is 35.7 Å². The van der Waals surface area contributed by atoms with Gasteiger partial charge in [-0.3, -0.25) is 4.79 Å². The number of halogens is 1. The molecular formula is C15H23ClN2O2. The first-order chi connectivity index (χ1) is 9.24. The van der Waals surface area contributed by atoms with Gasteiger partial charge in [-0.15, -0.1) is 12.4 Å². The van der Waals surface area contributed by atoms with Crippen molar-refractivity contribution >= 4 is 18.3 Å². The Bertz CT molecular complexity index is 416. The van der Waals surface area contributed by atoms with Crippen LogP contribution in [-0.4, -0.2) is 36.6 Å². The second-order valence-electron chi connectivity index (χ2n) is 4.88. The van der Waals surface area contributed by atoms with Gasteiger partial charge in [0.25, 0.3) is 5.91 Å². The number of carbonyl (C=O) groups is 1. The third kappa shape index (κ3) is 4.20. The average molecular weight is 299 g/mol. The molecule has 1 saturated heterocycles. The van der Waals surface area contributed by atoms with E-state index in [0.29, 0.717) is 19.6 Å². The maximum Gasteiger partial charge on any atom is 0.253 e. The van der Waals surface area contributed by atoms with E-state index in [1.165, 1.54) is 0 Å². The van der Waals surface area contributed by atoms with Crippen molar-refractivity contribution in [3.05, 3.63) is 35.4 Å². The lowest BCUT2D eigenvalue weighted by atomic mass is 10.1. The molecule has 1 aliphatic heterocycles. The Labute approximate surface area is 126 Å². The Morgan fingerprint density at radius 2 is 2.10 bits per heavy atom. The lowest BCUT2D eigenvalue weighted by molar-refractivity contribution is 0.0539. The summed E-state index contributed by atoms with van der Waals surface area (Å²) in [4.78, 5) is 14.3. The SMILES string of the molecule is CCN(CC1CCCO1)C(=O)c1ccc(CN)cc1.Cl. The predicted octanol–water partition coefficient (Wildman–Crippen LogP) is 2.21. The van der Waals surface area contributed by atoms with Gasteiger partial charge in [-0.2, -0.15) is 0 Å². The maximum absolute atomic E-state index is 12.4. The zero-order valence-electron chi connectivity index (χ0n) is 11.9. The molecule has 0 aliphatic carbocycles. The highest BCUT2D eigenvalue weighted by molar-refractivity contribution is 5.94. The first kappa shape index (κ1) is 17.0. The molecule has 1 fully saturated rings. The Kier molecular flexibility index (Phi) is 6.99. The van der Waals surface area contributed by atoms with Gasteiger partial charge in [0, 0.05) is 31.8 Å². The van der Waals surface area contributed by atoms with Crippen molar-refractivity contribution in [2.75, 3.05) is 19.7 Å². The zero-order chi connectivity index (χ0) is 13.7. The Morgan fingerprint density at radius 3 is 2.60 bits per heavy atom. The number of ether oxygens (including phenoxy) is 1. The quantitative estimate of drug-likeness (QED) is 0.907. The lowest BCUT2D eigenvalue weighted by Gasteiger charge is -2.24. The monoisotopic (exact) mass is 298 g/mol. The van der Waals surface area contributed by atoms with Gasteiger partial charge in [-0.25, -0.2) is 0 Å². The van der Waals surface area contributed by atoms with E-state index in [-0.39, 0.29) is 24.4 Å². The summed E-state index contributed by atoms with van der Waals surface area (Å²) in [6.45, 7) is 4.72. The van der Waals surface area contributed by atoms with Crippen molar-refractivity contribution in [3.8, 4) is 0 Å². The Morgan fingerprint density at radius 1 is 1.40 bits per heavy atom. The molecule has 0 bridgehead atoms. The molecule has 0 spiro atoms. The first-order valence-corrected chi connectivity index (χ1v) is 6.94. The van der Waals surface area contributed by atoms with Crippen LogP contribution in [0.2, 0.25) is 0 Å². The van der Waals surface area contributed by atoms with E-state index in [0.717, 1.165) is 30.6 Å². The van der Waals surface area contributed by atoms with Gasteiger partial charge in [0.1, 0.15) is 0 Å². The number of hydrogen-bond donors (Lipinski definition) is 1. The molecular weight excluding hydrogens is 276 g/mol. The standard InChI is InChI=1S/C15H22N2O2.ClH/c1-2-17(11-14-4-3-9-19-14)15(18)13-7-5-12(10-16)6-8-13;/h5-8,14H,2-4,9-11,16H2,1H3;1H. The summed E-state index contributed by atoms with van der Waals surface area (Å²) in [7, 11) is 0.